The summed E-state index contributed by atoms with van der Waals surface area (Å²) in [5.41, 5.74) is 1.71. The average molecular weight is 203 g/mol. The highest BCUT2D eigenvalue weighted by atomic mass is 32.1. The molecule has 0 bridgehead atoms. The van der Waals surface area contributed by atoms with Crippen LogP contribution in [-0.2, 0) is 0 Å². The van der Waals surface area contributed by atoms with E-state index in [9.17, 15) is 4.79 Å². The number of hydrogen-bond donors (Lipinski definition) is 1. The number of nitrogens with zero attached hydrogens (tertiary/aromatic N) is 2. The van der Waals surface area contributed by atoms with Crippen molar-refractivity contribution >= 4 is 32.5 Å². The first-order chi connectivity index (χ1) is 6.83. The maximum atomic E-state index is 11.1. The third-order valence-electron chi connectivity index (χ3n) is 2.05. The Bertz CT molecular complexity index is 615. The summed E-state index contributed by atoms with van der Waals surface area (Å²) in [5, 5.41) is 0.939. The summed E-state index contributed by atoms with van der Waals surface area (Å²) in [6, 6.07) is 3.79. The van der Waals surface area contributed by atoms with Gasteiger partial charge in [-0.3, -0.25) is 4.79 Å². The molecule has 0 atom stereocenters. The van der Waals surface area contributed by atoms with Crippen LogP contribution in [0.1, 0.15) is 0 Å². The van der Waals surface area contributed by atoms with Gasteiger partial charge in [-0.25, -0.2) is 9.97 Å². The van der Waals surface area contributed by atoms with Crippen molar-refractivity contribution in [1.29, 1.82) is 0 Å². The van der Waals surface area contributed by atoms with Gasteiger partial charge >= 0.3 is 4.87 Å². The lowest BCUT2D eigenvalue weighted by Gasteiger charge is -1.94. The molecule has 0 aliphatic rings. The molecule has 0 amide bonds. The molecule has 0 saturated carbocycles. The average Bonchev–Trinajstić information content (AvgIpc) is 2.53. The smallest absolute Gasteiger partial charge is 0.305 e. The summed E-state index contributed by atoms with van der Waals surface area (Å²) >= 11 is 1.20. The minimum atomic E-state index is -0.0386. The summed E-state index contributed by atoms with van der Waals surface area (Å²) in [7, 11) is 0. The van der Waals surface area contributed by atoms with Crippen LogP contribution in [0.4, 0.5) is 0 Å². The topological polar surface area (TPSA) is 58.6 Å². The number of hydrogen-bond acceptors (Lipinski definition) is 4. The molecule has 2 heterocycles. The van der Waals surface area contributed by atoms with E-state index in [0.29, 0.717) is 0 Å². The van der Waals surface area contributed by atoms with Crippen molar-refractivity contribution in [3.8, 4) is 0 Å². The first kappa shape index (κ1) is 7.64. The third kappa shape index (κ3) is 1.03. The summed E-state index contributed by atoms with van der Waals surface area (Å²) in [6.45, 7) is 0. The molecule has 2 aromatic heterocycles. The van der Waals surface area contributed by atoms with Crippen LogP contribution in [0.3, 0.4) is 0 Å². The molecule has 0 radical (unpaired) electrons. The van der Waals surface area contributed by atoms with Crippen molar-refractivity contribution in [1.82, 2.24) is 15.0 Å². The van der Waals surface area contributed by atoms with Gasteiger partial charge in [0.25, 0.3) is 0 Å². The maximum absolute atomic E-state index is 11.1. The molecule has 3 aromatic rings. The Morgan fingerprint density at radius 1 is 1.36 bits per heavy atom. The number of aromatic nitrogens is 3. The summed E-state index contributed by atoms with van der Waals surface area (Å²) in [6.07, 6.45) is 3.24. The molecular weight excluding hydrogens is 198 g/mol. The van der Waals surface area contributed by atoms with Gasteiger partial charge < -0.3 is 4.98 Å². The minimum Gasteiger partial charge on any atom is -0.312 e. The van der Waals surface area contributed by atoms with E-state index in [4.69, 9.17) is 0 Å². The van der Waals surface area contributed by atoms with Crippen molar-refractivity contribution in [3.63, 3.8) is 0 Å². The largest absolute Gasteiger partial charge is 0.312 e. The van der Waals surface area contributed by atoms with E-state index in [1.165, 1.54) is 17.7 Å². The molecule has 0 saturated heterocycles. The van der Waals surface area contributed by atoms with E-state index in [1.807, 2.05) is 12.1 Å². The molecule has 1 aromatic carbocycles. The Labute approximate surface area is 82.3 Å². The van der Waals surface area contributed by atoms with Crippen LogP contribution in [-0.4, -0.2) is 15.0 Å². The predicted molar refractivity (Wildman–Crippen MR) is 55.5 cm³/mol. The molecule has 0 aliphatic heterocycles. The molecule has 3 rings (SSSR count). The van der Waals surface area contributed by atoms with Crippen molar-refractivity contribution < 1.29 is 0 Å². The quantitative estimate of drug-likeness (QED) is 0.602. The van der Waals surface area contributed by atoms with Crippen LogP contribution < -0.4 is 4.87 Å². The van der Waals surface area contributed by atoms with Crippen molar-refractivity contribution in [2.24, 2.45) is 0 Å². The van der Waals surface area contributed by atoms with E-state index in [2.05, 4.69) is 15.0 Å². The predicted octanol–water partition coefficient (Wildman–Crippen LogP) is 1.53. The highest BCUT2D eigenvalue weighted by Gasteiger charge is 2.01. The second-order valence-electron chi connectivity index (χ2n) is 2.94. The van der Waals surface area contributed by atoms with Crippen LogP contribution in [0, 0.1) is 0 Å². The zero-order valence-electron chi connectivity index (χ0n) is 7.02. The molecule has 1 N–H and O–H groups in total. The lowest BCUT2D eigenvalue weighted by molar-refractivity contribution is 1.22. The molecule has 14 heavy (non-hydrogen) atoms. The fourth-order valence-electron chi connectivity index (χ4n) is 1.43. The van der Waals surface area contributed by atoms with Crippen molar-refractivity contribution in [2.45, 2.75) is 0 Å². The van der Waals surface area contributed by atoms with Gasteiger partial charge in [-0.15, -0.1) is 0 Å². The van der Waals surface area contributed by atoms with Gasteiger partial charge in [0.15, 0.2) is 0 Å². The number of nitrogens with one attached hydrogen (secondary N) is 1. The number of aromatic amines is 1. The second-order valence-corrected chi connectivity index (χ2v) is 3.96. The molecule has 0 spiro atoms. The normalized spacial score (nSPS) is 11.1. The van der Waals surface area contributed by atoms with Gasteiger partial charge in [0.2, 0.25) is 0 Å². The molecule has 0 unspecified atom stereocenters. The van der Waals surface area contributed by atoms with Crippen LogP contribution in [0.5, 0.6) is 0 Å². The first-order valence-electron chi connectivity index (χ1n) is 4.05. The van der Waals surface area contributed by atoms with E-state index in [-0.39, 0.29) is 4.87 Å². The molecule has 68 valence electrons. The number of rotatable bonds is 0. The summed E-state index contributed by atoms with van der Waals surface area (Å²) < 4.78 is 0.932. The number of benzene rings is 1. The molecule has 5 heteroatoms. The van der Waals surface area contributed by atoms with Gasteiger partial charge in [-0.1, -0.05) is 11.3 Å². The molecule has 0 aliphatic carbocycles. The van der Waals surface area contributed by atoms with Crippen LogP contribution >= 0.6 is 11.3 Å². The zero-order valence-corrected chi connectivity index (χ0v) is 7.84. The van der Waals surface area contributed by atoms with Gasteiger partial charge in [0.05, 0.1) is 15.7 Å². The van der Waals surface area contributed by atoms with Crippen LogP contribution in [0.15, 0.2) is 29.5 Å². The standard InChI is InChI=1S/C9H5N3OS/c13-9-12-7-1-5-3-10-4-11-6(5)2-8(7)14-9/h1-4H,(H,12,13). The van der Waals surface area contributed by atoms with Gasteiger partial charge in [0, 0.05) is 11.6 Å². The SMILES string of the molecule is O=c1[nH]c2cc3cncnc3cc2s1. The fourth-order valence-corrected chi connectivity index (χ4v) is 2.18. The first-order valence-corrected chi connectivity index (χ1v) is 4.87. The molecular formula is C9H5N3OS. The summed E-state index contributed by atoms with van der Waals surface area (Å²) in [4.78, 5) is 21.9. The third-order valence-corrected chi connectivity index (χ3v) is 2.89. The van der Waals surface area contributed by atoms with Crippen molar-refractivity contribution in [2.75, 3.05) is 0 Å². The van der Waals surface area contributed by atoms with Crippen LogP contribution in [0.25, 0.3) is 21.1 Å². The Morgan fingerprint density at radius 3 is 3.21 bits per heavy atom. The van der Waals surface area contributed by atoms with E-state index in [0.717, 1.165) is 21.1 Å². The van der Waals surface area contributed by atoms with Gasteiger partial charge in [0.1, 0.15) is 6.33 Å². The molecule has 4 nitrogen and oxygen atoms in total. The lowest BCUT2D eigenvalue weighted by Crippen LogP contribution is -1.89. The van der Waals surface area contributed by atoms with E-state index >= 15 is 0 Å². The second kappa shape index (κ2) is 2.62. The Balaban J connectivity index is 2.57. The molecule has 0 fully saturated rings. The summed E-state index contributed by atoms with van der Waals surface area (Å²) in [5.74, 6) is 0. The fraction of sp³-hybridized carbons (Fsp3) is 0. The Kier molecular flexibility index (Phi) is 1.43. The van der Waals surface area contributed by atoms with Crippen LogP contribution in [0.2, 0.25) is 0 Å². The Morgan fingerprint density at radius 2 is 2.29 bits per heavy atom. The highest BCUT2D eigenvalue weighted by Crippen LogP contribution is 2.20. The highest BCUT2D eigenvalue weighted by molar-refractivity contribution is 7.16. The van der Waals surface area contributed by atoms with Gasteiger partial charge in [-0.05, 0) is 12.1 Å². The number of thiazole rings is 1. The minimum absolute atomic E-state index is 0.0386. The van der Waals surface area contributed by atoms with Gasteiger partial charge in [-0.2, -0.15) is 0 Å². The van der Waals surface area contributed by atoms with Crippen molar-refractivity contribution in [3.05, 3.63) is 34.3 Å². The maximum Gasteiger partial charge on any atom is 0.305 e. The lowest BCUT2D eigenvalue weighted by atomic mass is 10.2. The zero-order chi connectivity index (χ0) is 9.54. The monoisotopic (exact) mass is 203 g/mol. The number of H-pyrrole nitrogens is 1. The number of fused-ring (bicyclic) bond motifs is 2. The van der Waals surface area contributed by atoms with E-state index < -0.39 is 0 Å². The Hall–Kier alpha value is -1.75. The van der Waals surface area contributed by atoms with E-state index in [1.54, 1.807) is 6.20 Å².